The number of carboxylic acids is 1. The van der Waals surface area contributed by atoms with Gasteiger partial charge in [-0.1, -0.05) is 38.0 Å². The van der Waals surface area contributed by atoms with Crippen molar-refractivity contribution in [1.82, 2.24) is 0 Å². The maximum atomic E-state index is 10.1. The van der Waals surface area contributed by atoms with E-state index >= 15 is 0 Å². The van der Waals surface area contributed by atoms with Gasteiger partial charge in [0, 0.05) is 4.57 Å². The zero-order valence-electron chi connectivity index (χ0n) is 10.7. The number of aliphatic carboxylic acids is 1. The van der Waals surface area contributed by atoms with Crippen LogP contribution < -0.4 is 10.3 Å². The van der Waals surface area contributed by atoms with Gasteiger partial charge in [-0.2, -0.15) is 0 Å². The Balaban J connectivity index is 0.000000344. The fraction of sp³-hybridized carbons (Fsp3) is 0.417. The van der Waals surface area contributed by atoms with Gasteiger partial charge in [0.05, 0.1) is 0 Å². The average Bonchev–Trinajstić information content (AvgIpc) is 2.37. The average molecular weight is 288 g/mol. The first-order valence-electron chi connectivity index (χ1n) is 5.85. The smallest absolute Gasteiger partial charge is 0.480 e. The Kier molecular flexibility index (Phi) is 9.62. The van der Waals surface area contributed by atoms with Gasteiger partial charge in [0.15, 0.2) is 5.75 Å². The maximum Gasteiger partial charge on any atom is 0.747 e. The number of para-hydroxylation sites is 1. The molecule has 1 aromatic carbocycles. The second-order valence-corrected chi connectivity index (χ2v) is 4.39. The van der Waals surface area contributed by atoms with Gasteiger partial charge in [-0.05, 0) is 18.6 Å². The van der Waals surface area contributed by atoms with Crippen LogP contribution in [0, 0.1) is 0 Å². The first-order chi connectivity index (χ1) is 8.97. The highest BCUT2D eigenvalue weighted by atomic mass is 31.1. The number of hydrogen-bond acceptors (Lipinski definition) is 4. The Hall–Kier alpha value is -1.49. The van der Waals surface area contributed by atoms with E-state index < -0.39 is 20.3 Å². The van der Waals surface area contributed by atoms with Gasteiger partial charge in [0.25, 0.3) is 0 Å². The number of nitrogens with two attached hydrogens (primary N) is 1. The van der Waals surface area contributed by atoms with Gasteiger partial charge < -0.3 is 10.8 Å². The van der Waals surface area contributed by atoms with Crippen LogP contribution in [-0.4, -0.2) is 22.0 Å². The van der Waals surface area contributed by atoms with Crippen molar-refractivity contribution in [2.75, 3.05) is 0 Å². The van der Waals surface area contributed by atoms with E-state index in [1.165, 1.54) is 0 Å². The van der Waals surface area contributed by atoms with Gasteiger partial charge in [-0.15, -0.1) is 4.89 Å². The monoisotopic (exact) mass is 288 g/mol. The van der Waals surface area contributed by atoms with E-state index in [0.29, 0.717) is 12.2 Å². The molecule has 0 aromatic heterocycles. The summed E-state index contributed by atoms with van der Waals surface area (Å²) in [5.74, 6) is -0.491. The summed E-state index contributed by atoms with van der Waals surface area (Å²) in [4.78, 5) is 18.4. The fourth-order valence-corrected chi connectivity index (χ4v) is 1.42. The van der Waals surface area contributed by atoms with Gasteiger partial charge in [-0.25, -0.2) is 4.52 Å². The van der Waals surface area contributed by atoms with Gasteiger partial charge in [0.2, 0.25) is 0 Å². The van der Waals surface area contributed by atoms with E-state index in [2.05, 4.69) is 4.52 Å². The molecule has 0 aliphatic heterocycles. The van der Waals surface area contributed by atoms with Crippen LogP contribution in [0.25, 0.3) is 0 Å². The number of rotatable bonds is 6. The number of carboxylic acid groups (broad SMARTS) is 1. The highest BCUT2D eigenvalue weighted by Crippen LogP contribution is 2.21. The van der Waals surface area contributed by atoms with Crippen LogP contribution in [0.4, 0.5) is 0 Å². The quantitative estimate of drug-likeness (QED) is 0.693. The third-order valence-corrected chi connectivity index (χ3v) is 2.48. The van der Waals surface area contributed by atoms with E-state index in [0.717, 1.165) is 12.8 Å². The van der Waals surface area contributed by atoms with Crippen molar-refractivity contribution in [3.63, 3.8) is 0 Å². The van der Waals surface area contributed by atoms with Crippen molar-refractivity contribution < 1.29 is 23.9 Å². The zero-order valence-corrected chi connectivity index (χ0v) is 11.6. The minimum atomic E-state index is -2.53. The van der Waals surface area contributed by atoms with Crippen LogP contribution >= 0.6 is 8.25 Å². The SMILES string of the molecule is CCCCC(N)C(=O)O.O=[P+](O)Oc1ccccc1. The van der Waals surface area contributed by atoms with Crippen LogP contribution in [0.15, 0.2) is 30.3 Å². The summed E-state index contributed by atoms with van der Waals surface area (Å²) in [6, 6.07) is 7.83. The summed E-state index contributed by atoms with van der Waals surface area (Å²) in [5, 5.41) is 8.28. The lowest BCUT2D eigenvalue weighted by atomic mass is 10.1. The molecule has 19 heavy (non-hydrogen) atoms. The Labute approximate surface area is 113 Å². The summed E-state index contributed by atoms with van der Waals surface area (Å²) in [6.07, 6.45) is 2.49. The Morgan fingerprint density at radius 2 is 2.00 bits per heavy atom. The zero-order chi connectivity index (χ0) is 14.7. The Bertz CT molecular complexity index is 385. The minimum Gasteiger partial charge on any atom is -0.480 e. The molecule has 0 aliphatic carbocycles. The topological polar surface area (TPSA) is 110 Å². The van der Waals surface area contributed by atoms with Crippen LogP contribution in [0.5, 0.6) is 5.75 Å². The molecule has 7 heteroatoms. The molecule has 0 amide bonds. The molecule has 106 valence electrons. The molecule has 0 fully saturated rings. The Morgan fingerprint density at radius 1 is 1.42 bits per heavy atom. The van der Waals surface area contributed by atoms with E-state index in [4.69, 9.17) is 15.7 Å². The third-order valence-electron chi connectivity index (χ3n) is 2.11. The van der Waals surface area contributed by atoms with E-state index in [1.807, 2.05) is 6.92 Å². The maximum absolute atomic E-state index is 10.1. The largest absolute Gasteiger partial charge is 0.747 e. The van der Waals surface area contributed by atoms with Crippen molar-refractivity contribution in [1.29, 1.82) is 0 Å². The minimum absolute atomic E-state index is 0.408. The van der Waals surface area contributed by atoms with Crippen LogP contribution in [-0.2, 0) is 9.36 Å². The van der Waals surface area contributed by atoms with Crippen LogP contribution in [0.2, 0.25) is 0 Å². The molecule has 0 spiro atoms. The molecule has 4 N–H and O–H groups in total. The molecule has 1 aromatic rings. The summed E-state index contributed by atoms with van der Waals surface area (Å²) in [5.41, 5.74) is 5.20. The molecule has 2 unspecified atom stereocenters. The molecule has 1 rings (SSSR count). The standard InChI is InChI=1S/C6H13NO2.C6H5O3P/c1-2-3-4-5(7)6(8)9;7-10(8)9-6-4-2-1-3-5-6/h5H,2-4,7H2,1H3,(H,8,9);1-5H/p+1. The molecule has 0 radical (unpaired) electrons. The highest BCUT2D eigenvalue weighted by molar-refractivity contribution is 7.32. The number of benzene rings is 1. The first kappa shape index (κ1) is 17.5. The first-order valence-corrected chi connectivity index (χ1v) is 6.98. The lowest BCUT2D eigenvalue weighted by Gasteiger charge is -2.02. The Morgan fingerprint density at radius 3 is 2.42 bits per heavy atom. The molecule has 0 saturated heterocycles. The summed E-state index contributed by atoms with van der Waals surface area (Å²) >= 11 is 0. The fourth-order valence-electron chi connectivity index (χ4n) is 1.12. The number of unbranched alkanes of at least 4 members (excludes halogenated alkanes) is 1. The third kappa shape index (κ3) is 10.1. The van der Waals surface area contributed by atoms with E-state index in [-0.39, 0.29) is 0 Å². The second-order valence-electron chi connectivity index (χ2n) is 3.73. The summed E-state index contributed by atoms with van der Waals surface area (Å²) in [7, 11) is -2.53. The van der Waals surface area contributed by atoms with Crippen molar-refractivity contribution in [3.05, 3.63) is 30.3 Å². The lowest BCUT2D eigenvalue weighted by molar-refractivity contribution is -0.138. The van der Waals surface area contributed by atoms with Crippen molar-refractivity contribution in [3.8, 4) is 5.75 Å². The van der Waals surface area contributed by atoms with Crippen molar-refractivity contribution in [2.45, 2.75) is 32.2 Å². The van der Waals surface area contributed by atoms with E-state index in [9.17, 15) is 9.36 Å². The number of carbonyl (C=O) groups is 1. The molecule has 0 bridgehead atoms. The molecule has 0 heterocycles. The molecule has 0 saturated carbocycles. The lowest BCUT2D eigenvalue weighted by Crippen LogP contribution is -2.29. The second kappa shape index (κ2) is 10.4. The van der Waals surface area contributed by atoms with Crippen LogP contribution in [0.1, 0.15) is 26.2 Å². The summed E-state index contributed by atoms with van der Waals surface area (Å²) in [6.45, 7) is 2.01. The molecular weight excluding hydrogens is 269 g/mol. The van der Waals surface area contributed by atoms with Gasteiger partial charge in [0.1, 0.15) is 6.04 Å². The summed E-state index contributed by atoms with van der Waals surface area (Å²) < 4.78 is 14.6. The normalized spacial score (nSPS) is 11.8. The van der Waals surface area contributed by atoms with Crippen molar-refractivity contribution >= 4 is 14.2 Å². The predicted octanol–water partition coefficient (Wildman–Crippen LogP) is 2.30. The van der Waals surface area contributed by atoms with Crippen molar-refractivity contribution in [2.24, 2.45) is 5.73 Å². The molecule has 2 atom stereocenters. The van der Waals surface area contributed by atoms with E-state index in [1.54, 1.807) is 30.3 Å². The molecule has 0 aliphatic rings. The molecular formula is C12H19NO5P+. The highest BCUT2D eigenvalue weighted by Gasteiger charge is 2.12. The van der Waals surface area contributed by atoms with Gasteiger partial charge >= 0.3 is 14.2 Å². The number of hydrogen-bond donors (Lipinski definition) is 3. The predicted molar refractivity (Wildman–Crippen MR) is 72.0 cm³/mol. The molecule has 6 nitrogen and oxygen atoms in total. The van der Waals surface area contributed by atoms with Gasteiger partial charge in [-0.3, -0.25) is 4.79 Å². The van der Waals surface area contributed by atoms with Crippen LogP contribution in [0.3, 0.4) is 0 Å².